The van der Waals surface area contributed by atoms with Crippen molar-refractivity contribution in [3.63, 3.8) is 0 Å². The van der Waals surface area contributed by atoms with Gasteiger partial charge < -0.3 is 4.18 Å². The molecule has 0 amide bonds. The lowest BCUT2D eigenvalue weighted by Crippen LogP contribution is -2.09. The van der Waals surface area contributed by atoms with Gasteiger partial charge in [-0.1, -0.05) is 23.7 Å². The van der Waals surface area contributed by atoms with Crippen molar-refractivity contribution in [2.75, 3.05) is 5.75 Å². The Morgan fingerprint density at radius 1 is 1.26 bits per heavy atom. The number of fused-ring (bicyclic) bond motifs is 1. The van der Waals surface area contributed by atoms with Gasteiger partial charge in [-0.05, 0) is 30.7 Å². The highest BCUT2D eigenvalue weighted by Gasteiger charge is 2.33. The van der Waals surface area contributed by atoms with Gasteiger partial charge in [0.05, 0.1) is 10.6 Å². The van der Waals surface area contributed by atoms with Crippen LogP contribution >= 0.6 is 35.4 Å². The van der Waals surface area contributed by atoms with Crippen LogP contribution in [-0.2, 0) is 6.42 Å². The molecule has 0 aliphatic carbocycles. The van der Waals surface area contributed by atoms with Crippen LogP contribution in [-0.4, -0.2) is 21.2 Å². The lowest BCUT2D eigenvalue weighted by atomic mass is 10.2. The zero-order chi connectivity index (χ0) is 16.4. The molecule has 0 unspecified atom stereocenters. The molecule has 0 radical (unpaired) electrons. The maximum absolute atomic E-state index is 12.4. The van der Waals surface area contributed by atoms with E-state index < -0.39 is 17.6 Å². The predicted molar refractivity (Wildman–Crippen MR) is 85.8 cm³/mol. The van der Waals surface area contributed by atoms with E-state index in [-0.39, 0.29) is 5.88 Å². The first kappa shape index (κ1) is 16.7. The summed E-state index contributed by atoms with van der Waals surface area (Å²) in [5.41, 5.74) is -3.14. The average Bonchev–Trinajstić information content (AvgIpc) is 2.51. The van der Waals surface area contributed by atoms with Gasteiger partial charge in [-0.3, -0.25) is 0 Å². The molecule has 1 aromatic heterocycles. The molecule has 9 heteroatoms. The summed E-state index contributed by atoms with van der Waals surface area (Å²) in [5.74, 6) is 1.07. The van der Waals surface area contributed by atoms with Crippen LogP contribution in [0.2, 0.25) is 5.02 Å². The molecule has 0 saturated heterocycles. The molecule has 0 spiro atoms. The van der Waals surface area contributed by atoms with Gasteiger partial charge >= 0.3 is 5.51 Å². The van der Waals surface area contributed by atoms with Crippen LogP contribution in [0.25, 0.3) is 11.4 Å². The van der Waals surface area contributed by atoms with E-state index in [2.05, 4.69) is 9.97 Å². The highest BCUT2D eigenvalue weighted by molar-refractivity contribution is 7.99. The number of rotatable bonds is 3. The summed E-state index contributed by atoms with van der Waals surface area (Å²) in [7, 11) is 0. The van der Waals surface area contributed by atoms with Crippen LogP contribution in [0.3, 0.4) is 0 Å². The van der Waals surface area contributed by atoms with Gasteiger partial charge in [-0.15, -0.1) is 11.8 Å². The predicted octanol–water partition coefficient (Wildman–Crippen LogP) is 5.38. The molecular formula is C14H10ClF3N2OS2. The summed E-state index contributed by atoms with van der Waals surface area (Å²) < 4.78 is 42.1. The fourth-order valence-electron chi connectivity index (χ4n) is 2.10. The average molecular weight is 379 g/mol. The van der Waals surface area contributed by atoms with Gasteiger partial charge in [-0.25, -0.2) is 4.98 Å². The van der Waals surface area contributed by atoms with E-state index >= 15 is 0 Å². The van der Waals surface area contributed by atoms with Crippen LogP contribution in [0.5, 0.6) is 5.88 Å². The molecule has 1 aliphatic heterocycles. The second kappa shape index (κ2) is 6.78. The Kier molecular flexibility index (Phi) is 4.93. The third kappa shape index (κ3) is 4.24. The van der Waals surface area contributed by atoms with E-state index in [0.29, 0.717) is 33.4 Å². The molecule has 2 aromatic rings. The lowest BCUT2D eigenvalue weighted by molar-refractivity contribution is -0.0371. The Labute approximate surface area is 144 Å². The molecule has 0 fully saturated rings. The number of nitrogens with zero attached hydrogens (tertiary/aromatic N) is 2. The van der Waals surface area contributed by atoms with Crippen molar-refractivity contribution in [2.24, 2.45) is 0 Å². The monoisotopic (exact) mass is 378 g/mol. The molecule has 1 aromatic carbocycles. The molecular weight excluding hydrogens is 369 g/mol. The molecule has 2 heterocycles. The van der Waals surface area contributed by atoms with Crippen LogP contribution in [0.4, 0.5) is 13.2 Å². The highest BCUT2D eigenvalue weighted by atomic mass is 35.5. The summed E-state index contributed by atoms with van der Waals surface area (Å²) >= 11 is 6.81. The summed E-state index contributed by atoms with van der Waals surface area (Å²) in [6.07, 6.45) is 1.60. The standard InChI is InChI=1S/C14H10ClF3N2OS2/c15-9-4-1-3-8(7-9)12-19-10-5-2-6-22-11(10)13(20-12)21-23-14(16,17)18/h1,3-4,7H,2,5-6H2. The van der Waals surface area contributed by atoms with Gasteiger partial charge in [0.25, 0.3) is 0 Å². The first-order valence-corrected chi connectivity index (χ1v) is 8.75. The van der Waals surface area contributed by atoms with Crippen molar-refractivity contribution >= 4 is 35.4 Å². The molecule has 122 valence electrons. The van der Waals surface area contributed by atoms with Gasteiger partial charge in [0, 0.05) is 10.6 Å². The number of benzene rings is 1. The van der Waals surface area contributed by atoms with E-state index in [9.17, 15) is 13.2 Å². The number of alkyl halides is 3. The van der Waals surface area contributed by atoms with Crippen molar-refractivity contribution in [1.82, 2.24) is 9.97 Å². The fraction of sp³-hybridized carbons (Fsp3) is 0.286. The maximum atomic E-state index is 12.4. The van der Waals surface area contributed by atoms with E-state index in [0.717, 1.165) is 12.2 Å². The summed E-state index contributed by atoms with van der Waals surface area (Å²) in [5, 5.41) is 0.505. The van der Waals surface area contributed by atoms with Gasteiger partial charge in [-0.2, -0.15) is 18.2 Å². The maximum Gasteiger partial charge on any atom is 0.479 e. The zero-order valence-electron chi connectivity index (χ0n) is 11.6. The molecule has 0 N–H and O–H groups in total. The molecule has 0 atom stereocenters. The van der Waals surface area contributed by atoms with Crippen LogP contribution in [0.15, 0.2) is 29.2 Å². The Balaban J connectivity index is 2.01. The van der Waals surface area contributed by atoms with Gasteiger partial charge in [0.2, 0.25) is 5.88 Å². The third-order valence-electron chi connectivity index (χ3n) is 3.01. The van der Waals surface area contributed by atoms with Crippen molar-refractivity contribution < 1.29 is 17.4 Å². The Morgan fingerprint density at radius 2 is 2.09 bits per heavy atom. The summed E-state index contributed by atoms with van der Waals surface area (Å²) in [6, 6.07) is 6.86. The van der Waals surface area contributed by atoms with E-state index in [1.54, 1.807) is 24.3 Å². The fourth-order valence-corrected chi connectivity index (χ4v) is 3.66. The van der Waals surface area contributed by atoms with Crippen molar-refractivity contribution in [3.05, 3.63) is 35.0 Å². The number of hydrogen-bond acceptors (Lipinski definition) is 5. The normalized spacial score (nSPS) is 14.4. The topological polar surface area (TPSA) is 35.0 Å². The van der Waals surface area contributed by atoms with Crippen molar-refractivity contribution in [2.45, 2.75) is 23.2 Å². The number of halogens is 4. The van der Waals surface area contributed by atoms with E-state index in [1.165, 1.54) is 11.8 Å². The van der Waals surface area contributed by atoms with Crippen molar-refractivity contribution in [1.29, 1.82) is 0 Å². The molecule has 0 saturated carbocycles. The lowest BCUT2D eigenvalue weighted by Gasteiger charge is -2.18. The third-order valence-corrected chi connectivity index (χ3v) is 4.86. The summed E-state index contributed by atoms with van der Waals surface area (Å²) in [4.78, 5) is 9.22. The molecule has 1 aliphatic rings. The number of hydrogen-bond donors (Lipinski definition) is 0. The zero-order valence-corrected chi connectivity index (χ0v) is 14.0. The van der Waals surface area contributed by atoms with Crippen LogP contribution < -0.4 is 4.18 Å². The van der Waals surface area contributed by atoms with Gasteiger partial charge in [0.1, 0.15) is 0 Å². The van der Waals surface area contributed by atoms with E-state index in [4.69, 9.17) is 15.8 Å². The minimum Gasteiger partial charge on any atom is -0.395 e. The highest BCUT2D eigenvalue weighted by Crippen LogP contribution is 2.41. The molecule has 3 rings (SSSR count). The molecule has 3 nitrogen and oxygen atoms in total. The Hall–Kier alpha value is -1.12. The van der Waals surface area contributed by atoms with Crippen LogP contribution in [0, 0.1) is 0 Å². The Morgan fingerprint density at radius 3 is 2.83 bits per heavy atom. The second-order valence-corrected chi connectivity index (χ2v) is 7.04. The minimum absolute atomic E-state index is 0.0444. The van der Waals surface area contributed by atoms with Gasteiger partial charge in [0.15, 0.2) is 17.9 Å². The van der Waals surface area contributed by atoms with E-state index in [1.807, 2.05) is 0 Å². The van der Waals surface area contributed by atoms with Crippen LogP contribution in [0.1, 0.15) is 12.1 Å². The SMILES string of the molecule is FC(F)(F)SOc1nc(-c2cccc(Cl)c2)nc2c1SCCC2. The first-order valence-electron chi connectivity index (χ1n) is 6.64. The number of aryl methyl sites for hydroxylation is 1. The molecule has 0 bridgehead atoms. The number of aromatic nitrogens is 2. The molecule has 23 heavy (non-hydrogen) atoms. The minimum atomic E-state index is -4.49. The van der Waals surface area contributed by atoms with Crippen molar-refractivity contribution in [3.8, 4) is 17.3 Å². The first-order chi connectivity index (χ1) is 10.9. The Bertz CT molecular complexity index is 728. The summed E-state index contributed by atoms with van der Waals surface area (Å²) in [6.45, 7) is 0. The number of thioether (sulfide) groups is 1. The quantitative estimate of drug-likeness (QED) is 0.670. The second-order valence-electron chi connectivity index (χ2n) is 4.70. The largest absolute Gasteiger partial charge is 0.479 e. The smallest absolute Gasteiger partial charge is 0.395 e.